The highest BCUT2D eigenvalue weighted by atomic mass is 32.1. The maximum absolute atomic E-state index is 10.8. The van der Waals surface area contributed by atoms with Crippen LogP contribution in [0.3, 0.4) is 0 Å². The summed E-state index contributed by atoms with van der Waals surface area (Å²) < 4.78 is 5.28. The van der Waals surface area contributed by atoms with Crippen molar-refractivity contribution in [3.05, 3.63) is 76.3 Å². The number of nitrogens with one attached hydrogen (secondary N) is 1. The molecular formula is C24H25N3O2S. The van der Waals surface area contributed by atoms with Crippen molar-refractivity contribution in [1.29, 1.82) is 5.41 Å². The highest BCUT2D eigenvalue weighted by molar-refractivity contribution is 7.11. The first-order valence-corrected chi connectivity index (χ1v) is 10.8. The molecule has 0 fully saturated rings. The molecule has 1 aliphatic rings. The molecule has 4 rings (SSSR count). The molecule has 0 spiro atoms. The topological polar surface area (TPSA) is 69.4 Å². The average molecular weight is 420 g/mol. The van der Waals surface area contributed by atoms with Crippen LogP contribution in [0.2, 0.25) is 0 Å². The SMILES string of the molecule is COc1ccc([C@H](C(C)C)N2CC(O)=C(c3nc(-c4ccccc4)cs3)C2=N)cc1. The van der Waals surface area contributed by atoms with E-state index >= 15 is 0 Å². The number of aliphatic hydroxyl groups excluding tert-OH is 1. The van der Waals surface area contributed by atoms with Crippen LogP contribution in [0.25, 0.3) is 16.8 Å². The lowest BCUT2D eigenvalue weighted by Crippen LogP contribution is -2.34. The Hall–Kier alpha value is -3.12. The Morgan fingerprint density at radius 3 is 2.43 bits per heavy atom. The lowest BCUT2D eigenvalue weighted by molar-refractivity contribution is 0.247. The van der Waals surface area contributed by atoms with Gasteiger partial charge in [0.25, 0.3) is 0 Å². The Morgan fingerprint density at radius 1 is 1.10 bits per heavy atom. The molecule has 1 aromatic heterocycles. The van der Waals surface area contributed by atoms with Gasteiger partial charge in [-0.1, -0.05) is 56.3 Å². The summed E-state index contributed by atoms with van der Waals surface area (Å²) in [6.07, 6.45) is 0. The molecule has 30 heavy (non-hydrogen) atoms. The second-order valence-electron chi connectivity index (χ2n) is 7.66. The summed E-state index contributed by atoms with van der Waals surface area (Å²) in [6, 6.07) is 17.9. The summed E-state index contributed by atoms with van der Waals surface area (Å²) >= 11 is 1.46. The second-order valence-corrected chi connectivity index (χ2v) is 8.52. The summed E-state index contributed by atoms with van der Waals surface area (Å²) in [7, 11) is 1.65. The van der Waals surface area contributed by atoms with Crippen molar-refractivity contribution in [2.75, 3.05) is 13.7 Å². The Morgan fingerprint density at radius 2 is 1.80 bits per heavy atom. The maximum atomic E-state index is 10.8. The van der Waals surface area contributed by atoms with Crippen LogP contribution in [0, 0.1) is 11.3 Å². The van der Waals surface area contributed by atoms with E-state index in [0.717, 1.165) is 22.6 Å². The van der Waals surface area contributed by atoms with Gasteiger partial charge in [0.1, 0.15) is 22.4 Å². The van der Waals surface area contributed by atoms with E-state index in [1.807, 2.05) is 64.9 Å². The third-order valence-electron chi connectivity index (χ3n) is 5.34. The highest BCUT2D eigenvalue weighted by Crippen LogP contribution is 2.39. The molecule has 0 aliphatic carbocycles. The van der Waals surface area contributed by atoms with E-state index in [1.54, 1.807) is 7.11 Å². The number of benzene rings is 2. The first kappa shape index (κ1) is 20.2. The van der Waals surface area contributed by atoms with Crippen LogP contribution in [0.5, 0.6) is 5.75 Å². The molecule has 2 N–H and O–H groups in total. The van der Waals surface area contributed by atoms with Gasteiger partial charge in [0, 0.05) is 10.9 Å². The van der Waals surface area contributed by atoms with Crippen LogP contribution in [0.15, 0.2) is 65.7 Å². The smallest absolute Gasteiger partial charge is 0.135 e. The molecule has 0 radical (unpaired) electrons. The van der Waals surface area contributed by atoms with Crippen LogP contribution in [-0.2, 0) is 0 Å². The van der Waals surface area contributed by atoms with Crippen LogP contribution < -0.4 is 4.74 Å². The van der Waals surface area contributed by atoms with Gasteiger partial charge in [0.15, 0.2) is 0 Å². The molecule has 0 bridgehead atoms. The molecule has 0 saturated carbocycles. The number of hydrogen-bond donors (Lipinski definition) is 2. The number of aromatic nitrogens is 1. The number of thiazole rings is 1. The van der Waals surface area contributed by atoms with Gasteiger partial charge in [0.05, 0.1) is 31.0 Å². The first-order valence-electron chi connectivity index (χ1n) is 9.92. The van der Waals surface area contributed by atoms with Gasteiger partial charge in [0.2, 0.25) is 0 Å². The Balaban J connectivity index is 1.63. The molecule has 154 valence electrons. The minimum absolute atomic E-state index is 0.0309. The molecule has 2 heterocycles. The van der Waals surface area contributed by atoms with E-state index in [-0.39, 0.29) is 17.7 Å². The zero-order valence-corrected chi connectivity index (χ0v) is 18.1. The van der Waals surface area contributed by atoms with Gasteiger partial charge >= 0.3 is 0 Å². The molecule has 1 aliphatic heterocycles. The first-order chi connectivity index (χ1) is 14.5. The number of methoxy groups -OCH3 is 1. The van der Waals surface area contributed by atoms with Crippen LogP contribution >= 0.6 is 11.3 Å². The maximum Gasteiger partial charge on any atom is 0.135 e. The molecule has 2 aromatic carbocycles. The summed E-state index contributed by atoms with van der Waals surface area (Å²) in [5.41, 5.74) is 3.51. The van der Waals surface area contributed by atoms with E-state index in [4.69, 9.17) is 15.1 Å². The summed E-state index contributed by atoms with van der Waals surface area (Å²) in [6.45, 7) is 4.57. The Bertz CT molecular complexity index is 1070. The minimum atomic E-state index is -0.0309. The van der Waals surface area contributed by atoms with Crippen molar-refractivity contribution in [2.24, 2.45) is 5.92 Å². The average Bonchev–Trinajstić information content (AvgIpc) is 3.34. The number of amidine groups is 1. The van der Waals surface area contributed by atoms with Gasteiger partial charge in [-0.2, -0.15) is 0 Å². The standard InChI is InChI=1S/C24H25N3O2S/c1-15(2)22(17-9-11-18(29-3)12-10-17)27-13-20(28)21(23(27)25)24-26-19(14-30-24)16-7-5-4-6-8-16/h4-12,14-15,22,25,28H,13H2,1-3H3/t22-/m0/s1. The molecule has 3 aromatic rings. The zero-order chi connectivity index (χ0) is 21.3. The predicted molar refractivity (Wildman–Crippen MR) is 122 cm³/mol. The van der Waals surface area contributed by atoms with Gasteiger partial charge in [-0.15, -0.1) is 11.3 Å². The van der Waals surface area contributed by atoms with Gasteiger partial charge in [-0.25, -0.2) is 4.98 Å². The zero-order valence-electron chi connectivity index (χ0n) is 17.3. The number of ether oxygens (including phenoxy) is 1. The van der Waals surface area contributed by atoms with Crippen molar-refractivity contribution < 1.29 is 9.84 Å². The lowest BCUT2D eigenvalue weighted by Gasteiger charge is -2.33. The minimum Gasteiger partial charge on any atom is -0.510 e. The number of rotatable bonds is 6. The van der Waals surface area contributed by atoms with Crippen molar-refractivity contribution in [3.8, 4) is 17.0 Å². The largest absolute Gasteiger partial charge is 0.510 e. The molecule has 5 nitrogen and oxygen atoms in total. The fourth-order valence-electron chi connectivity index (χ4n) is 3.92. The molecular weight excluding hydrogens is 394 g/mol. The summed E-state index contributed by atoms with van der Waals surface area (Å²) in [4.78, 5) is 6.67. The van der Waals surface area contributed by atoms with Crippen molar-refractivity contribution in [1.82, 2.24) is 9.88 Å². The molecule has 6 heteroatoms. The summed E-state index contributed by atoms with van der Waals surface area (Å²) in [5.74, 6) is 1.57. The van der Waals surface area contributed by atoms with Gasteiger partial charge in [-0.05, 0) is 23.6 Å². The fraction of sp³-hybridized carbons (Fsp3) is 0.250. The Kier molecular flexibility index (Phi) is 5.59. The predicted octanol–water partition coefficient (Wildman–Crippen LogP) is 5.78. The van der Waals surface area contributed by atoms with E-state index in [0.29, 0.717) is 23.0 Å². The third kappa shape index (κ3) is 3.71. The van der Waals surface area contributed by atoms with Crippen molar-refractivity contribution in [3.63, 3.8) is 0 Å². The second kappa shape index (κ2) is 8.32. The quantitative estimate of drug-likeness (QED) is 0.531. The van der Waals surface area contributed by atoms with E-state index < -0.39 is 0 Å². The van der Waals surface area contributed by atoms with Crippen molar-refractivity contribution >= 4 is 22.7 Å². The lowest BCUT2D eigenvalue weighted by atomic mass is 9.94. The fourth-order valence-corrected chi connectivity index (χ4v) is 4.81. The monoisotopic (exact) mass is 419 g/mol. The van der Waals surface area contributed by atoms with E-state index in [9.17, 15) is 5.11 Å². The van der Waals surface area contributed by atoms with E-state index in [1.165, 1.54) is 11.3 Å². The number of hydrogen-bond acceptors (Lipinski definition) is 5. The van der Waals surface area contributed by atoms with Gasteiger partial charge in [-0.3, -0.25) is 5.41 Å². The highest BCUT2D eigenvalue weighted by Gasteiger charge is 2.36. The van der Waals surface area contributed by atoms with Gasteiger partial charge < -0.3 is 14.7 Å². The van der Waals surface area contributed by atoms with Crippen molar-refractivity contribution in [2.45, 2.75) is 19.9 Å². The van der Waals surface area contributed by atoms with Crippen LogP contribution in [0.1, 0.15) is 30.5 Å². The normalized spacial score (nSPS) is 15.2. The molecule has 1 atom stereocenters. The molecule has 0 saturated heterocycles. The third-order valence-corrected chi connectivity index (χ3v) is 6.20. The number of nitrogens with zero attached hydrogens (tertiary/aromatic N) is 2. The van der Waals surface area contributed by atoms with E-state index in [2.05, 4.69) is 13.8 Å². The Labute approximate surface area is 180 Å². The molecule has 0 unspecified atom stereocenters. The van der Waals surface area contributed by atoms with Crippen LogP contribution in [0.4, 0.5) is 0 Å². The number of aliphatic hydroxyl groups is 1. The summed E-state index contributed by atoms with van der Waals surface area (Å²) in [5, 5.41) is 22.3. The molecule has 0 amide bonds. The van der Waals surface area contributed by atoms with Crippen LogP contribution in [-0.4, -0.2) is 34.5 Å².